The first-order valence-corrected chi connectivity index (χ1v) is 4.21. The molecule has 1 aromatic heterocycles. The highest BCUT2D eigenvalue weighted by Gasteiger charge is 2.40. The van der Waals surface area contributed by atoms with E-state index in [1.165, 1.54) is 0 Å². The van der Waals surface area contributed by atoms with Crippen LogP contribution in [-0.2, 0) is 10.9 Å². The number of hydrogen-bond acceptors (Lipinski definition) is 3. The van der Waals surface area contributed by atoms with Gasteiger partial charge in [-0.1, -0.05) is 0 Å². The molecule has 0 saturated heterocycles. The van der Waals surface area contributed by atoms with Crippen molar-refractivity contribution in [2.24, 2.45) is 0 Å². The lowest BCUT2D eigenvalue weighted by Crippen LogP contribution is -2.18. The molecule has 0 amide bonds. The third-order valence-corrected chi connectivity index (χ3v) is 1.88. The lowest BCUT2D eigenvalue weighted by atomic mass is 10.1. The summed E-state index contributed by atoms with van der Waals surface area (Å²) in [5, 5.41) is 0. The number of halogens is 5. The summed E-state index contributed by atoms with van der Waals surface area (Å²) >= 11 is 0. The lowest BCUT2D eigenvalue weighted by molar-refractivity contribution is -0.141. The van der Waals surface area contributed by atoms with Gasteiger partial charge in [-0.05, 0) is 6.07 Å². The van der Waals surface area contributed by atoms with Gasteiger partial charge in [-0.2, -0.15) is 13.2 Å². The molecule has 94 valence electrons. The fourth-order valence-corrected chi connectivity index (χ4v) is 1.19. The molecule has 1 rings (SSSR count). The average molecular weight is 255 g/mol. The van der Waals surface area contributed by atoms with Crippen LogP contribution in [0.15, 0.2) is 12.3 Å². The van der Waals surface area contributed by atoms with E-state index in [2.05, 4.69) is 9.72 Å². The van der Waals surface area contributed by atoms with Crippen molar-refractivity contribution in [3.05, 3.63) is 29.1 Å². The Bertz CT molecular complexity index is 430. The zero-order valence-corrected chi connectivity index (χ0v) is 8.39. The van der Waals surface area contributed by atoms with E-state index in [1.54, 1.807) is 0 Å². The largest absolute Gasteiger partial charge is 0.465 e. The molecule has 0 aliphatic carbocycles. The molecular formula is C9H6F5NO2. The molecule has 0 bridgehead atoms. The Morgan fingerprint density at radius 1 is 1.41 bits per heavy atom. The molecule has 0 fully saturated rings. The van der Waals surface area contributed by atoms with E-state index in [9.17, 15) is 26.7 Å². The number of ether oxygens (including phenoxy) is 1. The number of hydrogen-bond donors (Lipinski definition) is 0. The van der Waals surface area contributed by atoms with Crippen molar-refractivity contribution in [2.75, 3.05) is 7.11 Å². The first-order chi connectivity index (χ1) is 7.79. The highest BCUT2D eigenvalue weighted by Crippen LogP contribution is 2.34. The topological polar surface area (TPSA) is 39.2 Å². The number of carbonyl (C=O) groups excluding carboxylic acids is 1. The van der Waals surface area contributed by atoms with Gasteiger partial charge >= 0.3 is 12.1 Å². The zero-order valence-electron chi connectivity index (χ0n) is 8.39. The number of carbonyl (C=O) groups is 1. The number of rotatable bonds is 2. The van der Waals surface area contributed by atoms with Gasteiger partial charge in [0.25, 0.3) is 6.43 Å². The second kappa shape index (κ2) is 4.64. The molecule has 1 heterocycles. The monoisotopic (exact) mass is 255 g/mol. The van der Waals surface area contributed by atoms with Crippen LogP contribution in [0.4, 0.5) is 22.0 Å². The first-order valence-electron chi connectivity index (χ1n) is 4.21. The standard InChI is InChI=1S/C9H6F5NO2/c1-17-8(16)5-4(7(10)11)2-3-15-6(5)9(12,13)14/h2-3,7H,1H3. The molecular weight excluding hydrogens is 249 g/mol. The van der Waals surface area contributed by atoms with Gasteiger partial charge in [0, 0.05) is 11.8 Å². The maximum absolute atomic E-state index is 12.5. The molecule has 0 unspecified atom stereocenters. The zero-order chi connectivity index (χ0) is 13.2. The van der Waals surface area contributed by atoms with Crippen LogP contribution in [0.2, 0.25) is 0 Å². The highest BCUT2D eigenvalue weighted by molar-refractivity contribution is 5.92. The van der Waals surface area contributed by atoms with Crippen LogP contribution in [0.1, 0.15) is 28.0 Å². The Labute approximate surface area is 92.2 Å². The second-order valence-corrected chi connectivity index (χ2v) is 2.91. The summed E-state index contributed by atoms with van der Waals surface area (Å²) in [6, 6.07) is 0.645. The summed E-state index contributed by atoms with van der Waals surface area (Å²) in [5.74, 6) is -1.50. The van der Waals surface area contributed by atoms with Crippen molar-refractivity contribution in [3.63, 3.8) is 0 Å². The van der Waals surface area contributed by atoms with Gasteiger partial charge in [-0.15, -0.1) is 0 Å². The minimum Gasteiger partial charge on any atom is -0.465 e. The van der Waals surface area contributed by atoms with E-state index in [0.717, 1.165) is 7.11 Å². The molecule has 0 spiro atoms. The Hall–Kier alpha value is -1.73. The highest BCUT2D eigenvalue weighted by atomic mass is 19.4. The minimum atomic E-state index is -5.01. The summed E-state index contributed by atoms with van der Waals surface area (Å²) in [6.45, 7) is 0. The predicted octanol–water partition coefficient (Wildman–Crippen LogP) is 2.82. The Morgan fingerprint density at radius 3 is 2.41 bits per heavy atom. The molecule has 8 heteroatoms. The van der Waals surface area contributed by atoms with E-state index in [4.69, 9.17) is 0 Å². The number of pyridine rings is 1. The number of methoxy groups -OCH3 is 1. The van der Waals surface area contributed by atoms with Crippen molar-refractivity contribution in [3.8, 4) is 0 Å². The maximum Gasteiger partial charge on any atom is 0.434 e. The molecule has 3 nitrogen and oxygen atoms in total. The molecule has 0 aromatic carbocycles. The van der Waals surface area contributed by atoms with Gasteiger partial charge in [0.1, 0.15) is 0 Å². The summed E-state index contributed by atoms with van der Waals surface area (Å²) in [5.41, 5.74) is -3.99. The van der Waals surface area contributed by atoms with E-state index >= 15 is 0 Å². The van der Waals surface area contributed by atoms with Gasteiger partial charge in [0.15, 0.2) is 5.69 Å². The second-order valence-electron chi connectivity index (χ2n) is 2.91. The minimum absolute atomic E-state index is 0.566. The molecule has 0 saturated carbocycles. The van der Waals surface area contributed by atoms with Gasteiger partial charge in [0.05, 0.1) is 12.7 Å². The Balaban J connectivity index is 3.51. The Morgan fingerprint density at radius 2 is 2.00 bits per heavy atom. The Kier molecular flexibility index (Phi) is 3.64. The summed E-state index contributed by atoms with van der Waals surface area (Å²) < 4.78 is 66.4. The summed E-state index contributed by atoms with van der Waals surface area (Å²) in [4.78, 5) is 14.0. The number of aromatic nitrogens is 1. The lowest BCUT2D eigenvalue weighted by Gasteiger charge is -2.13. The van der Waals surface area contributed by atoms with Crippen LogP contribution >= 0.6 is 0 Å². The van der Waals surface area contributed by atoms with Gasteiger partial charge in [-0.3, -0.25) is 4.98 Å². The van der Waals surface area contributed by atoms with Crippen LogP contribution in [0, 0.1) is 0 Å². The van der Waals surface area contributed by atoms with E-state index < -0.39 is 35.4 Å². The van der Waals surface area contributed by atoms with E-state index in [0.29, 0.717) is 12.3 Å². The molecule has 0 radical (unpaired) electrons. The number of nitrogens with zero attached hydrogens (tertiary/aromatic N) is 1. The van der Waals surface area contributed by atoms with Crippen LogP contribution in [0.3, 0.4) is 0 Å². The SMILES string of the molecule is COC(=O)c1c(C(F)F)ccnc1C(F)(F)F. The van der Waals surface area contributed by atoms with Gasteiger partial charge < -0.3 is 4.74 Å². The molecule has 0 N–H and O–H groups in total. The van der Waals surface area contributed by atoms with E-state index in [1.807, 2.05) is 0 Å². The molecule has 0 aliphatic rings. The third-order valence-electron chi connectivity index (χ3n) is 1.88. The van der Waals surface area contributed by atoms with E-state index in [-0.39, 0.29) is 0 Å². The van der Waals surface area contributed by atoms with Crippen molar-refractivity contribution >= 4 is 5.97 Å². The third kappa shape index (κ3) is 2.69. The number of esters is 1. The molecule has 0 atom stereocenters. The van der Waals surface area contributed by atoms with Gasteiger partial charge in [-0.25, -0.2) is 13.6 Å². The fraction of sp³-hybridized carbons (Fsp3) is 0.333. The quantitative estimate of drug-likeness (QED) is 0.602. The normalized spacial score (nSPS) is 11.7. The predicted molar refractivity (Wildman–Crippen MR) is 45.5 cm³/mol. The van der Waals surface area contributed by atoms with Crippen molar-refractivity contribution in [1.29, 1.82) is 0 Å². The van der Waals surface area contributed by atoms with Crippen molar-refractivity contribution < 1.29 is 31.5 Å². The molecule has 1 aromatic rings. The van der Waals surface area contributed by atoms with Crippen LogP contribution in [0.25, 0.3) is 0 Å². The average Bonchev–Trinajstić information content (AvgIpc) is 2.25. The number of alkyl halides is 5. The maximum atomic E-state index is 12.5. The molecule has 17 heavy (non-hydrogen) atoms. The van der Waals surface area contributed by atoms with Crippen molar-refractivity contribution in [2.45, 2.75) is 12.6 Å². The van der Waals surface area contributed by atoms with Crippen LogP contribution in [0.5, 0.6) is 0 Å². The van der Waals surface area contributed by atoms with Crippen molar-refractivity contribution in [1.82, 2.24) is 4.98 Å². The fourth-order valence-electron chi connectivity index (χ4n) is 1.19. The van der Waals surface area contributed by atoms with Crippen LogP contribution in [-0.4, -0.2) is 18.1 Å². The first kappa shape index (κ1) is 13.3. The summed E-state index contributed by atoms with van der Waals surface area (Å²) in [7, 11) is 0.796. The van der Waals surface area contributed by atoms with Gasteiger partial charge in [0.2, 0.25) is 0 Å². The smallest absolute Gasteiger partial charge is 0.434 e. The molecule has 0 aliphatic heterocycles. The summed E-state index contributed by atoms with van der Waals surface area (Å²) in [6.07, 6.45) is -7.67. The van der Waals surface area contributed by atoms with Crippen LogP contribution < -0.4 is 0 Å².